The molecule has 0 radical (unpaired) electrons. The second-order valence-corrected chi connectivity index (χ2v) is 3.62. The van der Waals surface area contributed by atoms with Crippen LogP contribution in [-0.2, 0) is 9.53 Å². The van der Waals surface area contributed by atoms with Crippen molar-refractivity contribution in [2.24, 2.45) is 0 Å². The van der Waals surface area contributed by atoms with Gasteiger partial charge in [-0.1, -0.05) is 0 Å². The van der Waals surface area contributed by atoms with E-state index in [9.17, 15) is 4.79 Å². The van der Waals surface area contributed by atoms with Gasteiger partial charge in [0.15, 0.2) is 0 Å². The summed E-state index contributed by atoms with van der Waals surface area (Å²) in [5.41, 5.74) is 0. The first-order chi connectivity index (χ1) is 5.86. The minimum atomic E-state index is -0.0227. The maximum absolute atomic E-state index is 10.8. The SMILES string of the molecule is O=C1CCC(N2CCCC2)CO1. The van der Waals surface area contributed by atoms with Crippen molar-refractivity contribution in [2.45, 2.75) is 31.7 Å². The van der Waals surface area contributed by atoms with E-state index in [-0.39, 0.29) is 5.97 Å². The number of rotatable bonds is 1. The van der Waals surface area contributed by atoms with E-state index in [4.69, 9.17) is 4.74 Å². The van der Waals surface area contributed by atoms with Crippen molar-refractivity contribution in [1.82, 2.24) is 4.90 Å². The predicted octanol–water partition coefficient (Wildman–Crippen LogP) is 0.788. The molecule has 0 aliphatic carbocycles. The van der Waals surface area contributed by atoms with Crippen LogP contribution in [0.3, 0.4) is 0 Å². The van der Waals surface area contributed by atoms with Gasteiger partial charge in [0.25, 0.3) is 0 Å². The third-order valence-corrected chi connectivity index (χ3v) is 2.78. The average molecular weight is 169 g/mol. The lowest BCUT2D eigenvalue weighted by Gasteiger charge is -2.29. The Hall–Kier alpha value is -0.570. The Balaban J connectivity index is 1.84. The fraction of sp³-hybridized carbons (Fsp3) is 0.889. The molecule has 12 heavy (non-hydrogen) atoms. The molecule has 2 fully saturated rings. The summed E-state index contributed by atoms with van der Waals surface area (Å²) in [6.45, 7) is 3.02. The van der Waals surface area contributed by atoms with Crippen LogP contribution in [-0.4, -0.2) is 36.6 Å². The first-order valence-corrected chi connectivity index (χ1v) is 4.76. The van der Waals surface area contributed by atoms with E-state index in [0.717, 1.165) is 6.42 Å². The molecule has 0 bridgehead atoms. The monoisotopic (exact) mass is 169 g/mol. The molecule has 1 unspecified atom stereocenters. The van der Waals surface area contributed by atoms with E-state index in [1.54, 1.807) is 0 Å². The molecule has 3 heteroatoms. The van der Waals surface area contributed by atoms with E-state index >= 15 is 0 Å². The first kappa shape index (κ1) is 8.05. The van der Waals surface area contributed by atoms with E-state index in [0.29, 0.717) is 19.1 Å². The molecule has 0 aromatic heterocycles. The number of carbonyl (C=O) groups is 1. The lowest BCUT2D eigenvalue weighted by Crippen LogP contribution is -2.40. The molecule has 2 rings (SSSR count). The summed E-state index contributed by atoms with van der Waals surface area (Å²) in [4.78, 5) is 13.2. The normalized spacial score (nSPS) is 32.0. The summed E-state index contributed by atoms with van der Waals surface area (Å²) in [6.07, 6.45) is 4.23. The lowest BCUT2D eigenvalue weighted by molar-refractivity contribution is -0.150. The number of likely N-dealkylation sites (tertiary alicyclic amines) is 1. The van der Waals surface area contributed by atoms with Crippen molar-refractivity contribution < 1.29 is 9.53 Å². The van der Waals surface area contributed by atoms with Crippen LogP contribution in [0.15, 0.2) is 0 Å². The second-order valence-electron chi connectivity index (χ2n) is 3.62. The quantitative estimate of drug-likeness (QED) is 0.543. The van der Waals surface area contributed by atoms with Gasteiger partial charge in [-0.05, 0) is 32.4 Å². The van der Waals surface area contributed by atoms with Crippen molar-refractivity contribution in [3.63, 3.8) is 0 Å². The molecule has 1 atom stereocenters. The summed E-state index contributed by atoms with van der Waals surface area (Å²) < 4.78 is 5.02. The number of hydrogen-bond donors (Lipinski definition) is 0. The summed E-state index contributed by atoms with van der Waals surface area (Å²) >= 11 is 0. The number of carbonyl (C=O) groups excluding carboxylic acids is 1. The highest BCUT2D eigenvalue weighted by atomic mass is 16.5. The predicted molar refractivity (Wildman–Crippen MR) is 44.8 cm³/mol. The van der Waals surface area contributed by atoms with Crippen LogP contribution in [0, 0.1) is 0 Å². The molecule has 3 nitrogen and oxygen atoms in total. The van der Waals surface area contributed by atoms with Crippen LogP contribution in [0.4, 0.5) is 0 Å². The molecule has 0 N–H and O–H groups in total. The van der Waals surface area contributed by atoms with Crippen molar-refractivity contribution in [3.8, 4) is 0 Å². The molecule has 2 aliphatic rings. The van der Waals surface area contributed by atoms with Crippen molar-refractivity contribution in [1.29, 1.82) is 0 Å². The van der Waals surface area contributed by atoms with Crippen LogP contribution < -0.4 is 0 Å². The van der Waals surface area contributed by atoms with E-state index in [1.165, 1.54) is 25.9 Å². The first-order valence-electron chi connectivity index (χ1n) is 4.76. The molecular weight excluding hydrogens is 154 g/mol. The smallest absolute Gasteiger partial charge is 0.305 e. The van der Waals surface area contributed by atoms with Gasteiger partial charge in [-0.2, -0.15) is 0 Å². The van der Waals surface area contributed by atoms with Crippen molar-refractivity contribution >= 4 is 5.97 Å². The van der Waals surface area contributed by atoms with Crippen LogP contribution in [0.25, 0.3) is 0 Å². The third-order valence-electron chi connectivity index (χ3n) is 2.78. The maximum Gasteiger partial charge on any atom is 0.305 e. The highest BCUT2D eigenvalue weighted by Crippen LogP contribution is 2.18. The Bertz CT molecular complexity index is 165. The summed E-state index contributed by atoms with van der Waals surface area (Å²) in [6, 6.07) is 0.519. The fourth-order valence-corrected chi connectivity index (χ4v) is 2.02. The minimum Gasteiger partial charge on any atom is -0.464 e. The standard InChI is InChI=1S/C9H15NO2/c11-9-4-3-8(7-12-9)10-5-1-2-6-10/h8H,1-7H2. The van der Waals surface area contributed by atoms with Crippen molar-refractivity contribution in [3.05, 3.63) is 0 Å². The number of nitrogens with zero attached hydrogens (tertiary/aromatic N) is 1. The molecule has 0 aromatic rings. The highest BCUT2D eigenvalue weighted by molar-refractivity contribution is 5.70. The van der Waals surface area contributed by atoms with Gasteiger partial charge in [0.1, 0.15) is 6.61 Å². The van der Waals surface area contributed by atoms with E-state index in [2.05, 4.69) is 4.90 Å². The molecular formula is C9H15NO2. The molecule has 0 aromatic carbocycles. The molecule has 2 heterocycles. The highest BCUT2D eigenvalue weighted by Gasteiger charge is 2.26. The van der Waals surface area contributed by atoms with E-state index < -0.39 is 0 Å². The van der Waals surface area contributed by atoms with Gasteiger partial charge in [0.2, 0.25) is 0 Å². The molecule has 0 saturated carbocycles. The van der Waals surface area contributed by atoms with Gasteiger partial charge in [0, 0.05) is 12.5 Å². The van der Waals surface area contributed by atoms with E-state index in [1.807, 2.05) is 0 Å². The largest absolute Gasteiger partial charge is 0.464 e. The zero-order chi connectivity index (χ0) is 8.39. The van der Waals surface area contributed by atoms with Gasteiger partial charge < -0.3 is 4.74 Å². The molecule has 0 spiro atoms. The Kier molecular flexibility index (Phi) is 2.30. The van der Waals surface area contributed by atoms with Crippen molar-refractivity contribution in [2.75, 3.05) is 19.7 Å². The molecule has 2 aliphatic heterocycles. The Morgan fingerprint density at radius 1 is 1.33 bits per heavy atom. The fourth-order valence-electron chi connectivity index (χ4n) is 2.02. The molecule has 68 valence electrons. The number of esters is 1. The minimum absolute atomic E-state index is 0.0227. The number of ether oxygens (including phenoxy) is 1. The van der Waals surface area contributed by atoms with Gasteiger partial charge in [-0.15, -0.1) is 0 Å². The van der Waals surface area contributed by atoms with Gasteiger partial charge in [-0.3, -0.25) is 9.69 Å². The summed E-state index contributed by atoms with van der Waals surface area (Å²) in [7, 11) is 0. The van der Waals surface area contributed by atoms with Gasteiger partial charge in [0.05, 0.1) is 0 Å². The van der Waals surface area contributed by atoms with Crippen LogP contribution in [0.2, 0.25) is 0 Å². The summed E-state index contributed by atoms with van der Waals surface area (Å²) in [5.74, 6) is -0.0227. The maximum atomic E-state index is 10.8. The Morgan fingerprint density at radius 3 is 2.67 bits per heavy atom. The number of hydrogen-bond acceptors (Lipinski definition) is 3. The molecule has 2 saturated heterocycles. The average Bonchev–Trinajstić information content (AvgIpc) is 2.58. The topological polar surface area (TPSA) is 29.5 Å². The van der Waals surface area contributed by atoms with Crippen LogP contribution >= 0.6 is 0 Å². The second kappa shape index (κ2) is 3.44. The van der Waals surface area contributed by atoms with Gasteiger partial charge >= 0.3 is 5.97 Å². The zero-order valence-electron chi connectivity index (χ0n) is 7.29. The number of cyclic esters (lactones) is 1. The Labute approximate surface area is 72.7 Å². The van der Waals surface area contributed by atoms with Crippen LogP contribution in [0.5, 0.6) is 0 Å². The molecule has 0 amide bonds. The zero-order valence-corrected chi connectivity index (χ0v) is 7.29. The Morgan fingerprint density at radius 2 is 2.08 bits per heavy atom. The lowest BCUT2D eigenvalue weighted by atomic mass is 10.1. The summed E-state index contributed by atoms with van der Waals surface area (Å²) in [5, 5.41) is 0. The van der Waals surface area contributed by atoms with Gasteiger partial charge in [-0.25, -0.2) is 0 Å². The van der Waals surface area contributed by atoms with Crippen LogP contribution in [0.1, 0.15) is 25.7 Å². The third kappa shape index (κ3) is 1.61.